The molecule has 1 amide bonds. The third-order valence-corrected chi connectivity index (χ3v) is 8.58. The van der Waals surface area contributed by atoms with E-state index in [0.717, 1.165) is 17.7 Å². The van der Waals surface area contributed by atoms with Gasteiger partial charge in [0, 0.05) is 24.6 Å². The minimum atomic E-state index is -1.33. The molecule has 2 aromatic rings. The summed E-state index contributed by atoms with van der Waals surface area (Å²) in [6, 6.07) is 11.9. The van der Waals surface area contributed by atoms with E-state index in [1.165, 1.54) is 0 Å². The number of phenols is 1. The number of likely N-dealkylation sites (N-methyl/N-ethyl adjacent to an activating group) is 1. The van der Waals surface area contributed by atoms with Crippen molar-refractivity contribution in [3.8, 4) is 11.5 Å². The quantitative estimate of drug-likeness (QED) is 0.434. The summed E-state index contributed by atoms with van der Waals surface area (Å²) < 4.78 is 12.0. The summed E-state index contributed by atoms with van der Waals surface area (Å²) in [5.41, 5.74) is 0.362. The Balaban J connectivity index is 1.19. The van der Waals surface area contributed by atoms with Crippen LogP contribution in [0.1, 0.15) is 42.1 Å². The lowest BCUT2D eigenvalue weighted by molar-refractivity contribution is -0.169. The number of hydrogen-bond donors (Lipinski definition) is 4. The number of aliphatic hydroxyl groups is 2. The van der Waals surface area contributed by atoms with E-state index >= 15 is 0 Å². The fraction of sp³-hybridized carbons (Fsp3) is 0.429. The van der Waals surface area contributed by atoms with Crippen molar-refractivity contribution in [3.63, 3.8) is 0 Å². The molecule has 6 rings (SSSR count). The third-order valence-electron chi connectivity index (χ3n) is 8.58. The summed E-state index contributed by atoms with van der Waals surface area (Å²) in [6.45, 7) is 0.728. The van der Waals surface area contributed by atoms with Crippen LogP contribution in [0.3, 0.4) is 0 Å². The molecule has 5 atom stereocenters. The second-order valence-corrected chi connectivity index (χ2v) is 10.4. The van der Waals surface area contributed by atoms with Gasteiger partial charge in [0.2, 0.25) is 0 Å². The highest BCUT2D eigenvalue weighted by molar-refractivity contribution is 5.82. The Hall–Kier alpha value is -3.40. The van der Waals surface area contributed by atoms with Gasteiger partial charge in [-0.2, -0.15) is 0 Å². The second kappa shape index (κ2) is 8.58. The van der Waals surface area contributed by atoms with Crippen molar-refractivity contribution in [1.82, 2.24) is 10.2 Å². The minimum absolute atomic E-state index is 0.00647. The van der Waals surface area contributed by atoms with Gasteiger partial charge in [-0.15, -0.1) is 0 Å². The first kappa shape index (κ1) is 24.0. The molecule has 37 heavy (non-hydrogen) atoms. The topological polar surface area (TPSA) is 129 Å². The number of piperidine rings is 1. The summed E-state index contributed by atoms with van der Waals surface area (Å²) in [4.78, 5) is 27.2. The Kier molecular flexibility index (Phi) is 5.56. The van der Waals surface area contributed by atoms with Crippen LogP contribution in [0.15, 0.2) is 54.3 Å². The van der Waals surface area contributed by atoms with Crippen LogP contribution in [-0.4, -0.2) is 70.0 Å². The van der Waals surface area contributed by atoms with Crippen LogP contribution in [0, 0.1) is 0 Å². The molecule has 2 unspecified atom stereocenters. The normalized spacial score (nSPS) is 30.0. The number of nitrogens with one attached hydrogen (secondary N) is 1. The molecule has 2 aliphatic heterocycles. The van der Waals surface area contributed by atoms with E-state index in [1.54, 1.807) is 42.5 Å². The van der Waals surface area contributed by atoms with E-state index in [0.29, 0.717) is 36.3 Å². The SMILES string of the molecule is CN1CCC23c4c5ccc(O)c4OC2C(OC(=O)CCNC(=O)[C@@H](O)c2ccccc2)=CC[C@@]3(O)[C@H]1C5. The molecule has 0 aromatic heterocycles. The highest BCUT2D eigenvalue weighted by Gasteiger charge is 2.72. The van der Waals surface area contributed by atoms with E-state index in [-0.39, 0.29) is 24.8 Å². The average Bonchev–Trinajstić information content (AvgIpc) is 3.25. The second-order valence-electron chi connectivity index (χ2n) is 10.4. The monoisotopic (exact) mass is 506 g/mol. The first-order valence-corrected chi connectivity index (χ1v) is 12.6. The Morgan fingerprint density at radius 1 is 1.24 bits per heavy atom. The number of aliphatic hydroxyl groups excluding tert-OH is 1. The standard InChI is InChI=1S/C28H30N2O7/c1-30-14-12-27-22-17-7-8-18(31)24(22)37-25(27)19(9-11-28(27,35)20(30)15-17)36-21(32)10-13-29-26(34)23(33)16-5-3-2-4-6-16/h2-9,20,23,25,31,33,35H,10-15H2,1H3,(H,29,34)/t20-,23+,25?,27?,28-/m1/s1. The van der Waals surface area contributed by atoms with Gasteiger partial charge in [-0.25, -0.2) is 0 Å². The largest absolute Gasteiger partial charge is 0.504 e. The number of likely N-dealkylation sites (tertiary alicyclic amines) is 1. The van der Waals surface area contributed by atoms with Crippen molar-refractivity contribution >= 4 is 11.9 Å². The zero-order valence-corrected chi connectivity index (χ0v) is 20.5. The number of benzene rings is 2. The maximum Gasteiger partial charge on any atom is 0.312 e. The molecule has 2 aromatic carbocycles. The van der Waals surface area contributed by atoms with Gasteiger partial charge >= 0.3 is 5.97 Å². The molecule has 1 saturated heterocycles. The van der Waals surface area contributed by atoms with Crippen molar-refractivity contribution in [2.75, 3.05) is 20.1 Å². The molecule has 9 nitrogen and oxygen atoms in total. The van der Waals surface area contributed by atoms with Crippen LogP contribution >= 0.6 is 0 Å². The molecule has 2 heterocycles. The summed E-state index contributed by atoms with van der Waals surface area (Å²) in [6.07, 6.45) is 1.06. The maximum absolute atomic E-state index is 12.8. The van der Waals surface area contributed by atoms with E-state index in [1.807, 2.05) is 13.1 Å². The first-order chi connectivity index (χ1) is 17.8. The lowest BCUT2D eigenvalue weighted by Gasteiger charge is -2.61. The van der Waals surface area contributed by atoms with Gasteiger partial charge in [-0.1, -0.05) is 36.4 Å². The number of aromatic hydroxyl groups is 1. The predicted octanol–water partition coefficient (Wildman–Crippen LogP) is 1.45. The van der Waals surface area contributed by atoms with Crippen LogP contribution in [0.2, 0.25) is 0 Å². The summed E-state index contributed by atoms with van der Waals surface area (Å²) >= 11 is 0. The van der Waals surface area contributed by atoms with Crippen molar-refractivity contribution in [2.24, 2.45) is 0 Å². The van der Waals surface area contributed by atoms with Gasteiger partial charge in [0.25, 0.3) is 5.91 Å². The van der Waals surface area contributed by atoms with Gasteiger partial charge in [-0.3, -0.25) is 9.59 Å². The number of carbonyl (C=O) groups excluding carboxylic acids is 2. The molecule has 1 spiro atoms. The fourth-order valence-electron chi connectivity index (χ4n) is 6.79. The van der Waals surface area contributed by atoms with Gasteiger partial charge in [-0.05, 0) is 49.7 Å². The van der Waals surface area contributed by atoms with E-state index in [4.69, 9.17) is 9.47 Å². The maximum atomic E-state index is 12.8. The molecule has 0 radical (unpaired) electrons. The zero-order chi connectivity index (χ0) is 25.9. The lowest BCUT2D eigenvalue weighted by Crippen LogP contribution is -2.74. The fourth-order valence-corrected chi connectivity index (χ4v) is 6.79. The van der Waals surface area contributed by atoms with E-state index in [2.05, 4.69) is 10.2 Å². The number of amides is 1. The number of carbonyl (C=O) groups is 2. The van der Waals surface area contributed by atoms with Gasteiger partial charge in [0.15, 0.2) is 23.7 Å². The van der Waals surface area contributed by atoms with Crippen LogP contribution in [-0.2, 0) is 26.2 Å². The van der Waals surface area contributed by atoms with E-state index in [9.17, 15) is 24.9 Å². The first-order valence-electron chi connectivity index (χ1n) is 12.6. The van der Waals surface area contributed by atoms with Crippen LogP contribution in [0.4, 0.5) is 0 Å². The third kappa shape index (κ3) is 3.41. The molecular formula is C28H30N2O7. The van der Waals surface area contributed by atoms with Crippen molar-refractivity contribution in [3.05, 3.63) is 71.0 Å². The summed E-state index contributed by atoms with van der Waals surface area (Å²) in [5, 5.41) is 35.5. The minimum Gasteiger partial charge on any atom is -0.504 e. The molecule has 1 fully saturated rings. The molecular weight excluding hydrogens is 476 g/mol. The van der Waals surface area contributed by atoms with Crippen molar-refractivity contribution in [1.29, 1.82) is 0 Å². The number of esters is 1. The lowest BCUT2D eigenvalue weighted by atomic mass is 9.50. The number of hydrogen-bond acceptors (Lipinski definition) is 8. The van der Waals surface area contributed by atoms with Gasteiger partial charge in [0.05, 0.1) is 17.4 Å². The molecule has 9 heteroatoms. The average molecular weight is 507 g/mol. The number of nitrogens with zero attached hydrogens (tertiary/aromatic N) is 1. The molecule has 4 N–H and O–H groups in total. The van der Waals surface area contributed by atoms with E-state index < -0.39 is 35.1 Å². The highest BCUT2D eigenvalue weighted by atomic mass is 16.6. The number of rotatable bonds is 6. The van der Waals surface area contributed by atoms with Crippen molar-refractivity contribution in [2.45, 2.75) is 54.9 Å². The molecule has 0 saturated carbocycles. The number of ether oxygens (including phenoxy) is 2. The molecule has 194 valence electrons. The molecule has 2 bridgehead atoms. The van der Waals surface area contributed by atoms with Crippen molar-refractivity contribution < 1.29 is 34.4 Å². The summed E-state index contributed by atoms with van der Waals surface area (Å²) in [5.74, 6) is -0.483. The number of phenolic OH excluding ortho intramolecular Hbond substituents is 1. The van der Waals surface area contributed by atoms with Gasteiger partial charge in [0.1, 0.15) is 5.76 Å². The smallest absolute Gasteiger partial charge is 0.312 e. The van der Waals surface area contributed by atoms with Crippen LogP contribution in [0.5, 0.6) is 11.5 Å². The highest BCUT2D eigenvalue weighted by Crippen LogP contribution is 2.65. The zero-order valence-electron chi connectivity index (χ0n) is 20.5. The Morgan fingerprint density at radius 2 is 2.03 bits per heavy atom. The Labute approximate surface area is 214 Å². The Morgan fingerprint density at radius 3 is 2.81 bits per heavy atom. The molecule has 2 aliphatic carbocycles. The van der Waals surface area contributed by atoms with Crippen LogP contribution < -0.4 is 10.1 Å². The predicted molar refractivity (Wildman–Crippen MR) is 132 cm³/mol. The summed E-state index contributed by atoms with van der Waals surface area (Å²) in [7, 11) is 2.01. The Bertz CT molecular complexity index is 1290. The van der Waals surface area contributed by atoms with Gasteiger partial charge < -0.3 is 35.0 Å². The molecule has 4 aliphatic rings. The van der Waals surface area contributed by atoms with Crippen LogP contribution in [0.25, 0.3) is 0 Å².